The van der Waals surface area contributed by atoms with Crippen molar-refractivity contribution < 1.29 is 9.59 Å². The van der Waals surface area contributed by atoms with Gasteiger partial charge in [0, 0.05) is 17.6 Å². The van der Waals surface area contributed by atoms with Gasteiger partial charge >= 0.3 is 0 Å². The van der Waals surface area contributed by atoms with E-state index in [0.717, 1.165) is 17.1 Å². The first-order valence-electron chi connectivity index (χ1n) is 7.68. The second-order valence-electron chi connectivity index (χ2n) is 5.28. The van der Waals surface area contributed by atoms with E-state index in [1.807, 2.05) is 48.5 Å². The molecular weight excluding hydrogens is 336 g/mol. The topological polar surface area (TPSA) is 75.2 Å². The Morgan fingerprint density at radius 3 is 2.32 bits per heavy atom. The van der Waals surface area contributed by atoms with Crippen LogP contribution in [0.5, 0.6) is 0 Å². The number of anilines is 1. The molecule has 3 rings (SSSR count). The van der Waals surface area contributed by atoms with E-state index in [9.17, 15) is 9.59 Å². The van der Waals surface area contributed by atoms with Crippen molar-refractivity contribution in [2.75, 3.05) is 11.4 Å². The first-order chi connectivity index (χ1) is 12.2. The van der Waals surface area contributed by atoms with Crippen LogP contribution in [0.3, 0.4) is 0 Å². The Labute approximate surface area is 149 Å². The van der Waals surface area contributed by atoms with E-state index in [1.54, 1.807) is 17.5 Å². The highest BCUT2D eigenvalue weighted by Gasteiger charge is 2.22. The molecule has 2 amide bonds. The largest absolute Gasteiger partial charge is 0.350 e. The zero-order valence-electron chi connectivity index (χ0n) is 13.3. The standard InChI is InChI=1S/C18H16N4O2S/c23-17(19-11-14-7-3-1-4-8-14)12-22(15-9-5-2-6-10-15)18(24)16-13-25-21-20-16/h1-10,13H,11-12H2,(H,19,23). The third-order valence-corrected chi connectivity index (χ3v) is 4.03. The number of nitrogens with zero attached hydrogens (tertiary/aromatic N) is 3. The van der Waals surface area contributed by atoms with Crippen LogP contribution >= 0.6 is 11.5 Å². The molecule has 2 aromatic carbocycles. The number of hydrogen-bond donors (Lipinski definition) is 1. The van der Waals surface area contributed by atoms with Crippen molar-refractivity contribution in [1.29, 1.82) is 0 Å². The molecule has 25 heavy (non-hydrogen) atoms. The van der Waals surface area contributed by atoms with Crippen molar-refractivity contribution in [3.05, 3.63) is 77.3 Å². The Balaban J connectivity index is 1.71. The number of rotatable bonds is 6. The van der Waals surface area contributed by atoms with E-state index in [1.165, 1.54) is 4.90 Å². The van der Waals surface area contributed by atoms with Crippen LogP contribution in [0.2, 0.25) is 0 Å². The van der Waals surface area contributed by atoms with Gasteiger partial charge in [0.05, 0.1) is 0 Å². The van der Waals surface area contributed by atoms with E-state index in [-0.39, 0.29) is 24.1 Å². The summed E-state index contributed by atoms with van der Waals surface area (Å²) in [6, 6.07) is 18.7. The molecule has 0 radical (unpaired) electrons. The maximum Gasteiger partial charge on any atom is 0.280 e. The molecule has 0 unspecified atom stereocenters. The van der Waals surface area contributed by atoms with Crippen molar-refractivity contribution >= 4 is 29.0 Å². The zero-order chi connectivity index (χ0) is 17.5. The van der Waals surface area contributed by atoms with E-state index in [4.69, 9.17) is 0 Å². The molecule has 0 aliphatic carbocycles. The summed E-state index contributed by atoms with van der Waals surface area (Å²) in [5.41, 5.74) is 1.86. The predicted molar refractivity (Wildman–Crippen MR) is 96.3 cm³/mol. The monoisotopic (exact) mass is 352 g/mol. The van der Waals surface area contributed by atoms with Gasteiger partial charge in [0.25, 0.3) is 5.91 Å². The molecule has 0 aliphatic rings. The number of benzene rings is 2. The van der Waals surface area contributed by atoms with Crippen LogP contribution < -0.4 is 10.2 Å². The van der Waals surface area contributed by atoms with Crippen molar-refractivity contribution in [2.24, 2.45) is 0 Å². The molecule has 0 spiro atoms. The molecular formula is C18H16N4O2S. The highest BCUT2D eigenvalue weighted by atomic mass is 32.1. The van der Waals surface area contributed by atoms with Gasteiger partial charge in [0.1, 0.15) is 6.54 Å². The van der Waals surface area contributed by atoms with Gasteiger partial charge in [-0.1, -0.05) is 53.0 Å². The molecule has 0 fully saturated rings. The summed E-state index contributed by atoms with van der Waals surface area (Å²) in [6.07, 6.45) is 0. The molecule has 1 heterocycles. The molecule has 6 nitrogen and oxygen atoms in total. The third-order valence-electron chi connectivity index (χ3n) is 3.53. The van der Waals surface area contributed by atoms with Gasteiger partial charge in [0.2, 0.25) is 5.91 Å². The summed E-state index contributed by atoms with van der Waals surface area (Å²) in [4.78, 5) is 26.4. The lowest BCUT2D eigenvalue weighted by atomic mass is 10.2. The molecule has 1 aromatic heterocycles. The van der Waals surface area contributed by atoms with E-state index < -0.39 is 0 Å². The van der Waals surface area contributed by atoms with Crippen molar-refractivity contribution in [2.45, 2.75) is 6.54 Å². The van der Waals surface area contributed by atoms with Crippen molar-refractivity contribution in [3.63, 3.8) is 0 Å². The number of hydrogen-bond acceptors (Lipinski definition) is 5. The minimum atomic E-state index is -0.352. The molecule has 0 aliphatic heterocycles. The van der Waals surface area contributed by atoms with E-state index in [2.05, 4.69) is 14.9 Å². The van der Waals surface area contributed by atoms with E-state index in [0.29, 0.717) is 12.2 Å². The number of carbonyl (C=O) groups is 2. The quantitative estimate of drug-likeness (QED) is 0.740. The average molecular weight is 352 g/mol. The number of carbonyl (C=O) groups excluding carboxylic acids is 2. The van der Waals surface area contributed by atoms with Crippen LogP contribution in [0.15, 0.2) is 66.0 Å². The Kier molecular flexibility index (Phi) is 5.48. The third kappa shape index (κ3) is 4.48. The van der Waals surface area contributed by atoms with Gasteiger partial charge in [-0.3, -0.25) is 14.5 Å². The fourth-order valence-electron chi connectivity index (χ4n) is 2.28. The summed E-state index contributed by atoms with van der Waals surface area (Å²) >= 11 is 1.10. The van der Waals surface area contributed by atoms with Crippen molar-refractivity contribution in [3.8, 4) is 0 Å². The molecule has 126 valence electrons. The lowest BCUT2D eigenvalue weighted by Gasteiger charge is -2.21. The second kappa shape index (κ2) is 8.16. The highest BCUT2D eigenvalue weighted by Crippen LogP contribution is 2.16. The maximum atomic E-state index is 12.7. The molecule has 0 bridgehead atoms. The summed E-state index contributed by atoms with van der Waals surface area (Å²) in [6.45, 7) is 0.321. The first kappa shape index (κ1) is 16.8. The molecule has 0 atom stereocenters. The van der Waals surface area contributed by atoms with Gasteiger partial charge in [-0.25, -0.2) is 0 Å². The van der Waals surface area contributed by atoms with Crippen molar-refractivity contribution in [1.82, 2.24) is 14.9 Å². The summed E-state index contributed by atoms with van der Waals surface area (Å²) in [7, 11) is 0. The fraction of sp³-hybridized carbons (Fsp3) is 0.111. The van der Waals surface area contributed by atoms with Crippen LogP contribution in [0.1, 0.15) is 16.1 Å². The maximum absolute atomic E-state index is 12.7. The average Bonchev–Trinajstić information content (AvgIpc) is 3.20. The summed E-state index contributed by atoms with van der Waals surface area (Å²) < 4.78 is 3.72. The Bertz CT molecular complexity index is 823. The molecule has 7 heteroatoms. The lowest BCUT2D eigenvalue weighted by molar-refractivity contribution is -0.119. The fourth-order valence-corrected chi connectivity index (χ4v) is 2.71. The molecule has 3 aromatic rings. The molecule has 1 N–H and O–H groups in total. The van der Waals surface area contributed by atoms with Gasteiger partial charge in [0.15, 0.2) is 5.69 Å². The van der Waals surface area contributed by atoms with Crippen LogP contribution in [0.4, 0.5) is 5.69 Å². The van der Waals surface area contributed by atoms with Crippen LogP contribution in [-0.2, 0) is 11.3 Å². The lowest BCUT2D eigenvalue weighted by Crippen LogP contribution is -2.40. The Morgan fingerprint density at radius 2 is 1.68 bits per heavy atom. The van der Waals surface area contributed by atoms with Gasteiger partial charge in [-0.15, -0.1) is 5.10 Å². The smallest absolute Gasteiger partial charge is 0.280 e. The van der Waals surface area contributed by atoms with Crippen LogP contribution in [-0.4, -0.2) is 27.9 Å². The normalized spacial score (nSPS) is 10.2. The first-order valence-corrected chi connectivity index (χ1v) is 8.52. The Hall–Kier alpha value is -3.06. The van der Waals surface area contributed by atoms with Gasteiger partial charge < -0.3 is 5.32 Å². The SMILES string of the molecule is O=C(CN(C(=O)c1csnn1)c1ccccc1)NCc1ccccc1. The minimum Gasteiger partial charge on any atom is -0.350 e. The highest BCUT2D eigenvalue weighted by molar-refractivity contribution is 7.03. The summed E-state index contributed by atoms with van der Waals surface area (Å²) in [5.74, 6) is -0.598. The second-order valence-corrected chi connectivity index (χ2v) is 5.89. The molecule has 0 saturated heterocycles. The minimum absolute atomic E-state index is 0.0901. The number of aromatic nitrogens is 2. The van der Waals surface area contributed by atoms with Gasteiger partial charge in [-0.2, -0.15) is 0 Å². The summed E-state index contributed by atoms with van der Waals surface area (Å²) in [5, 5.41) is 8.21. The molecule has 0 saturated carbocycles. The zero-order valence-corrected chi connectivity index (χ0v) is 14.1. The van der Waals surface area contributed by atoms with Crippen LogP contribution in [0.25, 0.3) is 0 Å². The number of nitrogens with one attached hydrogen (secondary N) is 1. The van der Waals surface area contributed by atoms with Crippen LogP contribution in [0, 0.1) is 0 Å². The van der Waals surface area contributed by atoms with E-state index >= 15 is 0 Å². The van der Waals surface area contributed by atoms with Gasteiger partial charge in [-0.05, 0) is 29.2 Å². The number of para-hydroxylation sites is 1. The number of amides is 2. The predicted octanol–water partition coefficient (Wildman–Crippen LogP) is 2.50. The Morgan fingerprint density at radius 1 is 1.00 bits per heavy atom.